The van der Waals surface area contributed by atoms with Gasteiger partial charge in [0.1, 0.15) is 11.8 Å². The molecule has 3 N–H and O–H groups in total. The van der Waals surface area contributed by atoms with Crippen molar-refractivity contribution in [2.24, 2.45) is 0 Å². The van der Waals surface area contributed by atoms with E-state index in [-0.39, 0.29) is 5.91 Å². The Balaban J connectivity index is 1.39. The van der Waals surface area contributed by atoms with E-state index in [0.29, 0.717) is 17.9 Å². The Labute approximate surface area is 227 Å². The number of benzene rings is 4. The lowest BCUT2D eigenvalue weighted by molar-refractivity contribution is -0.120. The van der Waals surface area contributed by atoms with Crippen LogP contribution in [0.3, 0.4) is 0 Å². The fraction of sp³-hybridized carbons (Fsp3) is 0.133. The van der Waals surface area contributed by atoms with Gasteiger partial charge in [0, 0.05) is 24.8 Å². The highest BCUT2D eigenvalue weighted by molar-refractivity contribution is 7.99. The number of methoxy groups -OCH3 is 1. The number of urea groups is 1. The van der Waals surface area contributed by atoms with Crippen molar-refractivity contribution in [2.45, 2.75) is 12.5 Å². The molecule has 1 unspecified atom stereocenters. The lowest BCUT2D eigenvalue weighted by Crippen LogP contribution is -2.50. The van der Waals surface area contributed by atoms with E-state index in [4.69, 9.17) is 4.74 Å². The minimum absolute atomic E-state index is 0.234. The SMILES string of the molecule is COc1ccc(N(C)C(=O)C(Cc2ccccc2)NC(=O)NSNc2cccc(-c3ccccc3)c2)cc1. The van der Waals surface area contributed by atoms with Crippen LogP contribution in [0.25, 0.3) is 11.1 Å². The molecule has 0 spiro atoms. The first-order chi connectivity index (χ1) is 18.5. The molecule has 4 aromatic carbocycles. The maximum atomic E-state index is 13.4. The van der Waals surface area contributed by atoms with E-state index in [2.05, 4.69) is 14.8 Å². The number of rotatable bonds is 10. The van der Waals surface area contributed by atoms with Gasteiger partial charge in [0.2, 0.25) is 5.91 Å². The van der Waals surface area contributed by atoms with Gasteiger partial charge in [-0.3, -0.25) is 9.52 Å². The van der Waals surface area contributed by atoms with Crippen LogP contribution in [0, 0.1) is 0 Å². The molecule has 0 fully saturated rings. The third kappa shape index (κ3) is 7.30. The highest BCUT2D eigenvalue weighted by Crippen LogP contribution is 2.23. The van der Waals surface area contributed by atoms with Gasteiger partial charge in [0.05, 0.1) is 19.2 Å². The average Bonchev–Trinajstić information content (AvgIpc) is 2.97. The first kappa shape index (κ1) is 26.6. The average molecular weight is 527 g/mol. The van der Waals surface area contributed by atoms with Crippen molar-refractivity contribution in [1.82, 2.24) is 10.0 Å². The molecular weight excluding hydrogens is 496 g/mol. The normalized spacial score (nSPS) is 11.2. The van der Waals surface area contributed by atoms with E-state index in [1.165, 1.54) is 4.90 Å². The Morgan fingerprint density at radius 2 is 1.50 bits per heavy atom. The van der Waals surface area contributed by atoms with Crippen molar-refractivity contribution in [3.63, 3.8) is 0 Å². The minimum atomic E-state index is -0.772. The molecule has 0 aliphatic rings. The summed E-state index contributed by atoms with van der Waals surface area (Å²) in [6.45, 7) is 0. The van der Waals surface area contributed by atoms with Gasteiger partial charge in [-0.25, -0.2) is 4.79 Å². The van der Waals surface area contributed by atoms with Crippen LogP contribution >= 0.6 is 12.1 Å². The van der Waals surface area contributed by atoms with Crippen molar-refractivity contribution < 1.29 is 14.3 Å². The van der Waals surface area contributed by atoms with Crippen LogP contribution in [0.15, 0.2) is 109 Å². The molecule has 7 nitrogen and oxygen atoms in total. The molecule has 38 heavy (non-hydrogen) atoms. The van der Waals surface area contributed by atoms with Gasteiger partial charge in [-0.05, 0) is 53.1 Å². The van der Waals surface area contributed by atoms with Gasteiger partial charge in [0.25, 0.3) is 0 Å². The highest BCUT2D eigenvalue weighted by Gasteiger charge is 2.25. The zero-order valence-electron chi connectivity index (χ0n) is 21.3. The van der Waals surface area contributed by atoms with Gasteiger partial charge in [0.15, 0.2) is 0 Å². The van der Waals surface area contributed by atoms with Crippen molar-refractivity contribution in [2.75, 3.05) is 23.8 Å². The summed E-state index contributed by atoms with van der Waals surface area (Å²) in [5, 5.41) is 2.84. The molecule has 0 bridgehead atoms. The molecule has 0 aromatic heterocycles. The van der Waals surface area contributed by atoms with E-state index in [1.54, 1.807) is 38.4 Å². The Hall–Kier alpha value is -4.43. The third-order valence-electron chi connectivity index (χ3n) is 5.96. The summed E-state index contributed by atoms with van der Waals surface area (Å²) in [4.78, 5) is 27.8. The number of ether oxygens (including phenoxy) is 1. The molecule has 0 saturated carbocycles. The molecule has 0 aliphatic heterocycles. The molecule has 0 saturated heterocycles. The molecule has 0 aliphatic carbocycles. The smallest absolute Gasteiger partial charge is 0.326 e. The summed E-state index contributed by atoms with van der Waals surface area (Å²) in [6.07, 6.45) is 0.352. The van der Waals surface area contributed by atoms with Crippen LogP contribution in [0.2, 0.25) is 0 Å². The summed E-state index contributed by atoms with van der Waals surface area (Å²) in [5.41, 5.74) is 4.65. The van der Waals surface area contributed by atoms with Crippen LogP contribution in [0.4, 0.5) is 16.2 Å². The number of amides is 3. The van der Waals surface area contributed by atoms with Crippen LogP contribution in [0.1, 0.15) is 5.56 Å². The molecule has 194 valence electrons. The predicted octanol–water partition coefficient (Wildman–Crippen LogP) is 5.91. The summed E-state index contributed by atoms with van der Waals surface area (Å²) in [7, 11) is 3.28. The van der Waals surface area contributed by atoms with Crippen LogP contribution < -0.4 is 24.4 Å². The molecule has 8 heteroatoms. The Bertz CT molecular complexity index is 1330. The van der Waals surface area contributed by atoms with Crippen LogP contribution in [0.5, 0.6) is 5.75 Å². The lowest BCUT2D eigenvalue weighted by atomic mass is 10.0. The van der Waals surface area contributed by atoms with Gasteiger partial charge < -0.3 is 19.7 Å². The minimum Gasteiger partial charge on any atom is -0.497 e. The molecule has 3 amide bonds. The number of nitrogens with zero attached hydrogens (tertiary/aromatic N) is 1. The van der Waals surface area contributed by atoms with Gasteiger partial charge in [-0.15, -0.1) is 0 Å². The second-order valence-corrected chi connectivity index (χ2v) is 9.18. The van der Waals surface area contributed by atoms with Gasteiger partial charge in [-0.2, -0.15) is 0 Å². The highest BCUT2D eigenvalue weighted by atomic mass is 32.2. The standard InChI is InChI=1S/C30H30N4O3S/c1-34(26-16-18-27(37-2)19-17-26)29(35)28(20-22-10-5-3-6-11-22)31-30(36)33-38-32-25-15-9-14-24(21-25)23-12-7-4-8-13-23/h3-19,21,28,32H,20H2,1-2H3,(H2,31,33,36). The molecule has 0 heterocycles. The lowest BCUT2D eigenvalue weighted by Gasteiger charge is -2.25. The van der Waals surface area contributed by atoms with Gasteiger partial charge >= 0.3 is 6.03 Å². The summed E-state index contributed by atoms with van der Waals surface area (Å²) < 4.78 is 11.1. The van der Waals surface area contributed by atoms with E-state index >= 15 is 0 Å². The van der Waals surface area contributed by atoms with Crippen molar-refractivity contribution in [3.05, 3.63) is 115 Å². The van der Waals surface area contributed by atoms with E-state index < -0.39 is 12.1 Å². The maximum Gasteiger partial charge on any atom is 0.326 e. The number of hydrogen-bond acceptors (Lipinski definition) is 5. The monoisotopic (exact) mass is 526 g/mol. The number of likely N-dealkylation sites (N-methyl/N-ethyl adjacent to an activating group) is 1. The zero-order valence-corrected chi connectivity index (χ0v) is 22.1. The molecule has 0 radical (unpaired) electrons. The van der Waals surface area contributed by atoms with Crippen molar-refractivity contribution >= 4 is 35.4 Å². The van der Waals surface area contributed by atoms with E-state index in [1.807, 2.05) is 84.9 Å². The second kappa shape index (κ2) is 13.2. The van der Waals surface area contributed by atoms with E-state index in [0.717, 1.165) is 34.5 Å². The first-order valence-corrected chi connectivity index (χ1v) is 12.9. The summed E-state index contributed by atoms with van der Waals surface area (Å²) >= 11 is 1.04. The summed E-state index contributed by atoms with van der Waals surface area (Å²) in [6, 6.07) is 33.5. The molecule has 4 rings (SSSR count). The van der Waals surface area contributed by atoms with Gasteiger partial charge in [-0.1, -0.05) is 72.8 Å². The number of carbonyl (C=O) groups is 2. The first-order valence-electron chi connectivity index (χ1n) is 12.1. The number of anilines is 2. The number of carbonyl (C=O) groups excluding carboxylic acids is 2. The Morgan fingerprint density at radius 1 is 0.842 bits per heavy atom. The zero-order chi connectivity index (χ0) is 26.7. The fourth-order valence-electron chi connectivity index (χ4n) is 3.93. The third-order valence-corrected chi connectivity index (χ3v) is 6.58. The topological polar surface area (TPSA) is 82.7 Å². The van der Waals surface area contributed by atoms with Crippen LogP contribution in [-0.2, 0) is 11.2 Å². The largest absolute Gasteiger partial charge is 0.497 e. The second-order valence-electron chi connectivity index (χ2n) is 8.56. The maximum absolute atomic E-state index is 13.4. The quantitative estimate of drug-likeness (QED) is 0.224. The predicted molar refractivity (Wildman–Crippen MR) is 155 cm³/mol. The molecule has 1 atom stereocenters. The molecule has 4 aromatic rings. The molecular formula is C30H30N4O3S. The number of nitrogens with one attached hydrogen (secondary N) is 3. The van der Waals surface area contributed by atoms with Crippen molar-refractivity contribution in [1.29, 1.82) is 0 Å². The number of hydrogen-bond donors (Lipinski definition) is 3. The Morgan fingerprint density at radius 3 is 2.18 bits per heavy atom. The fourth-order valence-corrected chi connectivity index (χ4v) is 4.38. The van der Waals surface area contributed by atoms with Crippen molar-refractivity contribution in [3.8, 4) is 16.9 Å². The Kier molecular flexibility index (Phi) is 9.26. The summed E-state index contributed by atoms with van der Waals surface area (Å²) in [5.74, 6) is 0.467. The van der Waals surface area contributed by atoms with Crippen LogP contribution in [-0.4, -0.2) is 32.1 Å². The van der Waals surface area contributed by atoms with E-state index in [9.17, 15) is 9.59 Å².